The lowest BCUT2D eigenvalue weighted by atomic mass is 10.1. The van der Waals surface area contributed by atoms with E-state index in [1.54, 1.807) is 31.4 Å². The van der Waals surface area contributed by atoms with Crippen molar-refractivity contribution in [3.05, 3.63) is 59.5 Å². The molecule has 1 N–H and O–H groups in total. The number of aryl methyl sites for hydroxylation is 2. The van der Waals surface area contributed by atoms with E-state index < -0.39 is 17.6 Å². The number of amides is 1. The van der Waals surface area contributed by atoms with Gasteiger partial charge < -0.3 is 14.6 Å². The predicted octanol–water partition coefficient (Wildman–Crippen LogP) is 4.64. The van der Waals surface area contributed by atoms with E-state index in [2.05, 4.69) is 15.5 Å². The second kappa shape index (κ2) is 8.34. The Balaban J connectivity index is 1.59. The SMILES string of the molecule is COc1ccc(-c2noc(CCC(=O)Nc3ccc(C)c(C(F)(F)F)c3)n2)cc1. The van der Waals surface area contributed by atoms with E-state index in [-0.39, 0.29) is 30.0 Å². The minimum absolute atomic E-state index is 0.0144. The number of nitrogens with zero attached hydrogens (tertiary/aromatic N) is 2. The van der Waals surface area contributed by atoms with Crippen LogP contribution in [0.25, 0.3) is 11.4 Å². The molecule has 0 atom stereocenters. The highest BCUT2D eigenvalue weighted by atomic mass is 19.4. The van der Waals surface area contributed by atoms with Crippen molar-refractivity contribution in [3.8, 4) is 17.1 Å². The van der Waals surface area contributed by atoms with Gasteiger partial charge in [-0.25, -0.2) is 0 Å². The second-order valence-electron chi connectivity index (χ2n) is 6.32. The molecule has 1 heterocycles. The first-order valence-electron chi connectivity index (χ1n) is 8.71. The molecule has 0 spiro atoms. The van der Waals surface area contributed by atoms with Crippen molar-refractivity contribution < 1.29 is 27.2 Å². The van der Waals surface area contributed by atoms with E-state index in [1.807, 2.05) is 0 Å². The number of alkyl halides is 3. The molecule has 0 aliphatic carbocycles. The molecule has 29 heavy (non-hydrogen) atoms. The third-order valence-corrected chi connectivity index (χ3v) is 4.21. The van der Waals surface area contributed by atoms with Crippen molar-refractivity contribution in [2.24, 2.45) is 0 Å². The second-order valence-corrected chi connectivity index (χ2v) is 6.32. The Morgan fingerprint density at radius 1 is 1.17 bits per heavy atom. The van der Waals surface area contributed by atoms with Gasteiger partial charge in [-0.3, -0.25) is 4.79 Å². The molecule has 0 unspecified atom stereocenters. The standard InChI is InChI=1S/C20H18F3N3O3/c1-12-3-6-14(11-16(12)20(21,22)23)24-17(27)9-10-18-25-19(26-29-18)13-4-7-15(28-2)8-5-13/h3-8,11H,9-10H2,1-2H3,(H,24,27). The van der Waals surface area contributed by atoms with Crippen LogP contribution in [0.1, 0.15) is 23.4 Å². The maximum absolute atomic E-state index is 13.0. The number of rotatable bonds is 6. The zero-order chi connectivity index (χ0) is 21.0. The van der Waals surface area contributed by atoms with Gasteiger partial charge >= 0.3 is 6.18 Å². The summed E-state index contributed by atoms with van der Waals surface area (Å²) < 4.78 is 49.1. The summed E-state index contributed by atoms with van der Waals surface area (Å²) in [6.07, 6.45) is -4.33. The van der Waals surface area contributed by atoms with Gasteiger partial charge in [-0.1, -0.05) is 11.2 Å². The highest BCUT2D eigenvalue weighted by Crippen LogP contribution is 2.33. The summed E-state index contributed by atoms with van der Waals surface area (Å²) in [4.78, 5) is 16.3. The van der Waals surface area contributed by atoms with E-state index >= 15 is 0 Å². The molecule has 0 aliphatic rings. The Hall–Kier alpha value is -3.36. The van der Waals surface area contributed by atoms with Gasteiger partial charge in [0, 0.05) is 24.1 Å². The number of carbonyl (C=O) groups is 1. The highest BCUT2D eigenvalue weighted by Gasteiger charge is 2.32. The lowest BCUT2D eigenvalue weighted by Gasteiger charge is -2.12. The zero-order valence-corrected chi connectivity index (χ0v) is 15.7. The number of methoxy groups -OCH3 is 1. The van der Waals surface area contributed by atoms with Gasteiger partial charge in [0.2, 0.25) is 17.6 Å². The summed E-state index contributed by atoms with van der Waals surface area (Å²) in [5.74, 6) is 0.868. The molecule has 0 fully saturated rings. The number of nitrogens with one attached hydrogen (secondary N) is 1. The smallest absolute Gasteiger partial charge is 0.416 e. The lowest BCUT2D eigenvalue weighted by Crippen LogP contribution is -2.14. The highest BCUT2D eigenvalue weighted by molar-refractivity contribution is 5.90. The number of halogens is 3. The van der Waals surface area contributed by atoms with Crippen LogP contribution >= 0.6 is 0 Å². The molecule has 9 heteroatoms. The van der Waals surface area contributed by atoms with Gasteiger partial charge in [-0.15, -0.1) is 0 Å². The molecule has 6 nitrogen and oxygen atoms in total. The summed E-state index contributed by atoms with van der Waals surface area (Å²) in [5.41, 5.74) is 0.116. The molecule has 152 valence electrons. The van der Waals surface area contributed by atoms with E-state index in [0.717, 1.165) is 11.6 Å². The molecule has 2 aromatic carbocycles. The number of ether oxygens (including phenoxy) is 1. The maximum atomic E-state index is 13.0. The monoisotopic (exact) mass is 405 g/mol. The molecule has 0 saturated heterocycles. The molecular formula is C20H18F3N3O3. The number of carbonyl (C=O) groups excluding carboxylic acids is 1. The van der Waals surface area contributed by atoms with E-state index in [1.165, 1.54) is 19.1 Å². The molecule has 1 amide bonds. The van der Waals surface area contributed by atoms with Gasteiger partial charge in [-0.2, -0.15) is 18.2 Å². The lowest BCUT2D eigenvalue weighted by molar-refractivity contribution is -0.138. The van der Waals surface area contributed by atoms with Gasteiger partial charge in [-0.05, 0) is 48.9 Å². The van der Waals surface area contributed by atoms with Crippen LogP contribution in [-0.4, -0.2) is 23.2 Å². The van der Waals surface area contributed by atoms with Crippen molar-refractivity contribution in [3.63, 3.8) is 0 Å². The summed E-state index contributed by atoms with van der Waals surface area (Å²) in [5, 5.41) is 6.33. The Kier molecular flexibility index (Phi) is 5.86. The molecule has 3 rings (SSSR count). The molecule has 0 aliphatic heterocycles. The molecule has 1 aromatic heterocycles. The number of aromatic nitrogens is 2. The number of hydrogen-bond donors (Lipinski definition) is 1. The Morgan fingerprint density at radius 3 is 2.55 bits per heavy atom. The normalized spacial score (nSPS) is 11.3. The van der Waals surface area contributed by atoms with Crippen LogP contribution < -0.4 is 10.1 Å². The van der Waals surface area contributed by atoms with Crippen LogP contribution in [0.3, 0.4) is 0 Å². The van der Waals surface area contributed by atoms with Crippen LogP contribution in [0.15, 0.2) is 47.0 Å². The Bertz CT molecular complexity index is 998. The number of hydrogen-bond acceptors (Lipinski definition) is 5. The predicted molar refractivity (Wildman–Crippen MR) is 99.4 cm³/mol. The van der Waals surface area contributed by atoms with Crippen molar-refractivity contribution in [1.82, 2.24) is 10.1 Å². The van der Waals surface area contributed by atoms with E-state index in [9.17, 15) is 18.0 Å². The van der Waals surface area contributed by atoms with Crippen molar-refractivity contribution in [2.45, 2.75) is 25.9 Å². The summed E-state index contributed by atoms with van der Waals surface area (Å²) in [7, 11) is 1.56. The van der Waals surface area contributed by atoms with Crippen LogP contribution in [0.2, 0.25) is 0 Å². The van der Waals surface area contributed by atoms with Gasteiger partial charge in [0.05, 0.1) is 12.7 Å². The molecule has 0 bridgehead atoms. The van der Waals surface area contributed by atoms with Gasteiger partial charge in [0.25, 0.3) is 0 Å². The molecule has 0 saturated carbocycles. The third kappa shape index (κ3) is 5.13. The van der Waals surface area contributed by atoms with E-state index in [4.69, 9.17) is 9.26 Å². The van der Waals surface area contributed by atoms with Crippen LogP contribution in [-0.2, 0) is 17.4 Å². The minimum atomic E-state index is -4.48. The van der Waals surface area contributed by atoms with Crippen molar-refractivity contribution in [2.75, 3.05) is 12.4 Å². The summed E-state index contributed by atoms with van der Waals surface area (Å²) in [6.45, 7) is 1.37. The maximum Gasteiger partial charge on any atom is 0.416 e. The molecular weight excluding hydrogens is 387 g/mol. The first-order valence-corrected chi connectivity index (χ1v) is 8.71. The van der Waals surface area contributed by atoms with Gasteiger partial charge in [0.1, 0.15) is 5.75 Å². The van der Waals surface area contributed by atoms with Crippen LogP contribution in [0.4, 0.5) is 18.9 Å². The Morgan fingerprint density at radius 2 is 1.90 bits per heavy atom. The fourth-order valence-electron chi connectivity index (χ4n) is 2.66. The third-order valence-electron chi connectivity index (χ3n) is 4.21. The zero-order valence-electron chi connectivity index (χ0n) is 15.7. The minimum Gasteiger partial charge on any atom is -0.497 e. The molecule has 3 aromatic rings. The fraction of sp³-hybridized carbons (Fsp3) is 0.250. The quantitative estimate of drug-likeness (QED) is 0.646. The topological polar surface area (TPSA) is 77.2 Å². The number of anilines is 1. The van der Waals surface area contributed by atoms with Crippen LogP contribution in [0.5, 0.6) is 5.75 Å². The number of benzene rings is 2. The van der Waals surface area contributed by atoms with Crippen molar-refractivity contribution in [1.29, 1.82) is 0 Å². The first kappa shape index (κ1) is 20.4. The first-order chi connectivity index (χ1) is 13.8. The van der Waals surface area contributed by atoms with Gasteiger partial charge in [0.15, 0.2) is 0 Å². The van der Waals surface area contributed by atoms with Crippen molar-refractivity contribution >= 4 is 11.6 Å². The average Bonchev–Trinajstić information content (AvgIpc) is 3.16. The summed E-state index contributed by atoms with van der Waals surface area (Å²) >= 11 is 0. The Labute approximate surface area is 164 Å². The average molecular weight is 405 g/mol. The van der Waals surface area contributed by atoms with E-state index in [0.29, 0.717) is 11.6 Å². The fourth-order valence-corrected chi connectivity index (χ4v) is 2.66. The van der Waals surface area contributed by atoms with Crippen LogP contribution in [0, 0.1) is 6.92 Å². The largest absolute Gasteiger partial charge is 0.497 e. The summed E-state index contributed by atoms with van der Waals surface area (Å²) in [6, 6.07) is 10.7. The molecule has 0 radical (unpaired) electrons.